The molecule has 0 saturated carbocycles. The fourth-order valence-electron chi connectivity index (χ4n) is 2.07. The Kier molecular flexibility index (Phi) is 5.94. The highest BCUT2D eigenvalue weighted by atomic mass is 16.6. The number of carbonyl (C=O) groups is 2. The predicted molar refractivity (Wildman–Crippen MR) is 89.6 cm³/mol. The van der Waals surface area contributed by atoms with Crippen molar-refractivity contribution in [1.82, 2.24) is 5.32 Å². The quantitative estimate of drug-likeness (QED) is 0.815. The molecule has 0 amide bonds. The predicted octanol–water partition coefficient (Wildman–Crippen LogP) is 3.03. The van der Waals surface area contributed by atoms with Crippen molar-refractivity contribution in [3.8, 4) is 0 Å². The number of carboxylic acids is 1. The molecule has 0 unspecified atom stereocenters. The molecular formula is C18H27NO4. The first-order valence-corrected chi connectivity index (χ1v) is 7.70. The van der Waals surface area contributed by atoms with Crippen molar-refractivity contribution in [2.45, 2.75) is 65.1 Å². The first-order valence-electron chi connectivity index (χ1n) is 7.70. The number of esters is 1. The standard InChI is InChI=1S/C18H27NO4/c1-17(2,3)19-14(15(20)21)11-12-7-9-13(10-8-12)16(22)23-18(4,5)6/h7-10,14,19H,11H2,1-6H3,(H,20,21)/t14-/m0/s1. The summed E-state index contributed by atoms with van der Waals surface area (Å²) >= 11 is 0. The van der Waals surface area contributed by atoms with E-state index in [0.29, 0.717) is 12.0 Å². The van der Waals surface area contributed by atoms with E-state index in [4.69, 9.17) is 4.74 Å². The van der Waals surface area contributed by atoms with Crippen LogP contribution in [-0.2, 0) is 16.0 Å². The number of benzene rings is 1. The maximum atomic E-state index is 12.0. The summed E-state index contributed by atoms with van der Waals surface area (Å²) in [4.78, 5) is 23.3. The van der Waals surface area contributed by atoms with Gasteiger partial charge in [0, 0.05) is 5.54 Å². The van der Waals surface area contributed by atoms with E-state index in [-0.39, 0.29) is 11.5 Å². The van der Waals surface area contributed by atoms with Gasteiger partial charge in [-0.15, -0.1) is 0 Å². The second-order valence-electron chi connectivity index (χ2n) is 7.69. The molecule has 0 aliphatic carbocycles. The monoisotopic (exact) mass is 321 g/mol. The van der Waals surface area contributed by atoms with Crippen LogP contribution in [0.25, 0.3) is 0 Å². The molecule has 128 valence electrons. The number of ether oxygens (including phenoxy) is 1. The molecule has 1 aromatic carbocycles. The van der Waals surface area contributed by atoms with Gasteiger partial charge >= 0.3 is 11.9 Å². The van der Waals surface area contributed by atoms with Gasteiger partial charge in [-0.05, 0) is 65.7 Å². The minimum Gasteiger partial charge on any atom is -0.480 e. The van der Waals surface area contributed by atoms with Gasteiger partial charge in [0.05, 0.1) is 5.56 Å². The van der Waals surface area contributed by atoms with Gasteiger partial charge in [-0.25, -0.2) is 4.79 Å². The molecule has 1 rings (SSSR count). The fourth-order valence-corrected chi connectivity index (χ4v) is 2.07. The Labute approximate surface area is 138 Å². The number of hydrogen-bond donors (Lipinski definition) is 2. The lowest BCUT2D eigenvalue weighted by Gasteiger charge is -2.26. The second kappa shape index (κ2) is 7.13. The van der Waals surface area contributed by atoms with E-state index in [1.807, 2.05) is 41.5 Å². The van der Waals surface area contributed by atoms with E-state index in [1.54, 1.807) is 24.3 Å². The largest absolute Gasteiger partial charge is 0.480 e. The van der Waals surface area contributed by atoms with Crippen LogP contribution >= 0.6 is 0 Å². The Morgan fingerprint density at radius 3 is 2.00 bits per heavy atom. The summed E-state index contributed by atoms with van der Waals surface area (Å²) in [6.07, 6.45) is 0.348. The van der Waals surface area contributed by atoms with E-state index in [2.05, 4.69) is 5.32 Å². The SMILES string of the molecule is CC(C)(C)N[C@@H](Cc1ccc(C(=O)OC(C)(C)C)cc1)C(=O)O. The Morgan fingerprint density at radius 2 is 1.61 bits per heavy atom. The van der Waals surface area contributed by atoms with Crippen molar-refractivity contribution in [2.24, 2.45) is 0 Å². The topological polar surface area (TPSA) is 75.6 Å². The van der Waals surface area contributed by atoms with Crippen LogP contribution in [0.2, 0.25) is 0 Å². The summed E-state index contributed by atoms with van der Waals surface area (Å²) in [6, 6.07) is 6.18. The highest BCUT2D eigenvalue weighted by Gasteiger charge is 2.24. The van der Waals surface area contributed by atoms with Crippen LogP contribution in [0.3, 0.4) is 0 Å². The lowest BCUT2D eigenvalue weighted by molar-refractivity contribution is -0.140. The molecule has 0 aromatic heterocycles. The summed E-state index contributed by atoms with van der Waals surface area (Å²) in [6.45, 7) is 11.2. The van der Waals surface area contributed by atoms with Gasteiger partial charge in [0.2, 0.25) is 0 Å². The summed E-state index contributed by atoms with van der Waals surface area (Å²) < 4.78 is 5.30. The number of aliphatic carboxylic acids is 1. The van der Waals surface area contributed by atoms with Crippen molar-refractivity contribution in [1.29, 1.82) is 0 Å². The van der Waals surface area contributed by atoms with Crippen LogP contribution in [0, 0.1) is 0 Å². The molecule has 1 aromatic rings. The van der Waals surface area contributed by atoms with Gasteiger partial charge in [-0.3, -0.25) is 10.1 Å². The van der Waals surface area contributed by atoms with Gasteiger partial charge in [-0.2, -0.15) is 0 Å². The first kappa shape index (κ1) is 19.2. The summed E-state index contributed by atoms with van der Waals surface area (Å²) in [5, 5.41) is 12.4. The smallest absolute Gasteiger partial charge is 0.338 e. The molecule has 0 spiro atoms. The van der Waals surface area contributed by atoms with Crippen molar-refractivity contribution >= 4 is 11.9 Å². The Morgan fingerprint density at radius 1 is 1.09 bits per heavy atom. The molecule has 2 N–H and O–H groups in total. The molecule has 0 saturated heterocycles. The highest BCUT2D eigenvalue weighted by Crippen LogP contribution is 2.14. The molecule has 23 heavy (non-hydrogen) atoms. The first-order chi connectivity index (χ1) is 10.4. The van der Waals surface area contributed by atoms with Gasteiger partial charge < -0.3 is 9.84 Å². The average molecular weight is 321 g/mol. The lowest BCUT2D eigenvalue weighted by Crippen LogP contribution is -2.48. The van der Waals surface area contributed by atoms with Crippen LogP contribution in [0.1, 0.15) is 57.5 Å². The van der Waals surface area contributed by atoms with E-state index in [1.165, 1.54) is 0 Å². The molecule has 0 bridgehead atoms. The number of rotatable bonds is 5. The van der Waals surface area contributed by atoms with Crippen molar-refractivity contribution in [3.63, 3.8) is 0 Å². The molecule has 5 heteroatoms. The molecule has 0 radical (unpaired) electrons. The van der Waals surface area contributed by atoms with E-state index in [0.717, 1.165) is 5.56 Å². The molecule has 0 heterocycles. The minimum absolute atomic E-state index is 0.292. The highest BCUT2D eigenvalue weighted by molar-refractivity contribution is 5.89. The zero-order chi connectivity index (χ0) is 17.8. The average Bonchev–Trinajstić information content (AvgIpc) is 2.35. The third-order valence-corrected chi connectivity index (χ3v) is 2.93. The molecule has 5 nitrogen and oxygen atoms in total. The number of carboxylic acid groups (broad SMARTS) is 1. The summed E-state index contributed by atoms with van der Waals surface area (Å²) in [5.41, 5.74) is 0.473. The van der Waals surface area contributed by atoms with Crippen molar-refractivity contribution in [3.05, 3.63) is 35.4 Å². The zero-order valence-corrected chi connectivity index (χ0v) is 14.8. The minimum atomic E-state index is -0.892. The van der Waals surface area contributed by atoms with Crippen LogP contribution in [0.5, 0.6) is 0 Å². The van der Waals surface area contributed by atoms with Crippen LogP contribution in [-0.4, -0.2) is 34.2 Å². The van der Waals surface area contributed by atoms with E-state index in [9.17, 15) is 14.7 Å². The molecule has 1 atom stereocenters. The van der Waals surface area contributed by atoms with Crippen LogP contribution in [0.15, 0.2) is 24.3 Å². The zero-order valence-electron chi connectivity index (χ0n) is 14.8. The Balaban J connectivity index is 2.79. The van der Waals surface area contributed by atoms with Gasteiger partial charge in [0.1, 0.15) is 11.6 Å². The summed E-state index contributed by atoms with van der Waals surface area (Å²) in [5.74, 6) is -1.28. The van der Waals surface area contributed by atoms with Crippen LogP contribution in [0.4, 0.5) is 0 Å². The number of hydrogen-bond acceptors (Lipinski definition) is 4. The molecular weight excluding hydrogens is 294 g/mol. The lowest BCUT2D eigenvalue weighted by atomic mass is 10.0. The third-order valence-electron chi connectivity index (χ3n) is 2.93. The van der Waals surface area contributed by atoms with Gasteiger partial charge in [0.25, 0.3) is 0 Å². The van der Waals surface area contributed by atoms with Gasteiger partial charge in [0.15, 0.2) is 0 Å². The third kappa shape index (κ3) is 7.28. The van der Waals surface area contributed by atoms with E-state index >= 15 is 0 Å². The molecule has 0 aliphatic heterocycles. The normalized spacial score (nSPS) is 13.5. The Hall–Kier alpha value is -1.88. The molecule has 0 aliphatic rings. The molecule has 0 fully saturated rings. The van der Waals surface area contributed by atoms with E-state index < -0.39 is 17.6 Å². The maximum Gasteiger partial charge on any atom is 0.338 e. The van der Waals surface area contributed by atoms with Gasteiger partial charge in [-0.1, -0.05) is 12.1 Å². The van der Waals surface area contributed by atoms with Crippen molar-refractivity contribution in [2.75, 3.05) is 0 Å². The Bertz CT molecular complexity index is 550. The van der Waals surface area contributed by atoms with Crippen LogP contribution < -0.4 is 5.32 Å². The fraction of sp³-hybridized carbons (Fsp3) is 0.556. The summed E-state index contributed by atoms with van der Waals surface area (Å²) in [7, 11) is 0. The second-order valence-corrected chi connectivity index (χ2v) is 7.69. The maximum absolute atomic E-state index is 12.0. The van der Waals surface area contributed by atoms with Crippen molar-refractivity contribution < 1.29 is 19.4 Å². The number of nitrogens with one attached hydrogen (secondary N) is 1. The number of carbonyl (C=O) groups excluding carboxylic acids is 1.